The molecule has 0 radical (unpaired) electrons. The van der Waals surface area contributed by atoms with Gasteiger partial charge in [0.05, 0.1) is 5.38 Å². The third kappa shape index (κ3) is 2.36. The summed E-state index contributed by atoms with van der Waals surface area (Å²) in [5.74, 6) is 1.42. The number of aryl methyl sites for hydroxylation is 1. The summed E-state index contributed by atoms with van der Waals surface area (Å²) in [5.41, 5.74) is 2.83. The predicted molar refractivity (Wildman–Crippen MR) is 66.3 cm³/mol. The molecule has 82 valence electrons. The van der Waals surface area contributed by atoms with Gasteiger partial charge in [-0.1, -0.05) is 38.1 Å². The first kappa shape index (κ1) is 11.0. The summed E-state index contributed by atoms with van der Waals surface area (Å²) in [4.78, 5) is 0. The highest BCUT2D eigenvalue weighted by molar-refractivity contribution is 6.21. The van der Waals surface area contributed by atoms with Crippen LogP contribution in [0.3, 0.4) is 0 Å². The van der Waals surface area contributed by atoms with E-state index in [2.05, 4.69) is 38.1 Å². The summed E-state index contributed by atoms with van der Waals surface area (Å²) in [6, 6.07) is 8.63. The fourth-order valence-corrected chi connectivity index (χ4v) is 3.06. The highest BCUT2D eigenvalue weighted by Crippen LogP contribution is 2.41. The standard InChI is InChI=1S/C14H19Cl/c1-10(2)9-12-8-7-11-5-3-4-6-13(11)14(12)15/h3-6,10,12,14H,7-9H2,1-2H3. The average Bonchev–Trinajstić information content (AvgIpc) is 2.22. The van der Waals surface area contributed by atoms with Crippen LogP contribution in [0.2, 0.25) is 0 Å². The molecular formula is C14H19Cl. The quantitative estimate of drug-likeness (QED) is 0.643. The fraction of sp³-hybridized carbons (Fsp3) is 0.571. The molecule has 1 heteroatoms. The second-order valence-electron chi connectivity index (χ2n) is 5.03. The first-order valence-electron chi connectivity index (χ1n) is 5.90. The van der Waals surface area contributed by atoms with Crippen LogP contribution in [-0.2, 0) is 6.42 Å². The van der Waals surface area contributed by atoms with E-state index in [9.17, 15) is 0 Å². The van der Waals surface area contributed by atoms with Crippen LogP contribution in [0.5, 0.6) is 0 Å². The van der Waals surface area contributed by atoms with Crippen LogP contribution in [0, 0.1) is 11.8 Å². The highest BCUT2D eigenvalue weighted by atomic mass is 35.5. The number of hydrogen-bond acceptors (Lipinski definition) is 0. The van der Waals surface area contributed by atoms with Gasteiger partial charge >= 0.3 is 0 Å². The van der Waals surface area contributed by atoms with Gasteiger partial charge in [-0.2, -0.15) is 0 Å². The van der Waals surface area contributed by atoms with E-state index >= 15 is 0 Å². The average molecular weight is 223 g/mol. The molecule has 0 saturated carbocycles. The van der Waals surface area contributed by atoms with E-state index in [0.29, 0.717) is 5.92 Å². The van der Waals surface area contributed by atoms with Gasteiger partial charge in [-0.05, 0) is 42.2 Å². The van der Waals surface area contributed by atoms with Crippen molar-refractivity contribution in [2.75, 3.05) is 0 Å². The Labute approximate surface area is 97.6 Å². The number of alkyl halides is 1. The zero-order chi connectivity index (χ0) is 10.8. The Morgan fingerprint density at radius 1 is 1.33 bits per heavy atom. The van der Waals surface area contributed by atoms with Crippen molar-refractivity contribution in [1.82, 2.24) is 0 Å². The number of benzene rings is 1. The van der Waals surface area contributed by atoms with Crippen molar-refractivity contribution >= 4 is 11.6 Å². The first-order valence-corrected chi connectivity index (χ1v) is 6.34. The molecule has 1 aromatic carbocycles. The normalized spacial score (nSPS) is 25.3. The van der Waals surface area contributed by atoms with Crippen molar-refractivity contribution < 1.29 is 0 Å². The predicted octanol–water partition coefficient (Wildman–Crippen LogP) is 4.58. The minimum atomic E-state index is 0.234. The van der Waals surface area contributed by atoms with Crippen molar-refractivity contribution in [3.63, 3.8) is 0 Å². The lowest BCUT2D eigenvalue weighted by molar-refractivity contribution is 0.360. The smallest absolute Gasteiger partial charge is 0.0616 e. The molecule has 0 saturated heterocycles. The molecule has 1 aliphatic rings. The molecule has 0 heterocycles. The van der Waals surface area contributed by atoms with Crippen molar-refractivity contribution in [3.8, 4) is 0 Å². The molecule has 0 amide bonds. The molecule has 0 N–H and O–H groups in total. The molecule has 0 aliphatic heterocycles. The molecule has 0 aromatic heterocycles. The van der Waals surface area contributed by atoms with E-state index in [1.165, 1.54) is 30.4 Å². The summed E-state index contributed by atoms with van der Waals surface area (Å²) < 4.78 is 0. The largest absolute Gasteiger partial charge is 0.118 e. The van der Waals surface area contributed by atoms with Crippen LogP contribution in [0.4, 0.5) is 0 Å². The second-order valence-corrected chi connectivity index (χ2v) is 5.50. The third-order valence-corrected chi connectivity index (χ3v) is 3.92. The van der Waals surface area contributed by atoms with E-state index in [4.69, 9.17) is 11.6 Å². The van der Waals surface area contributed by atoms with E-state index in [1.807, 2.05) is 0 Å². The molecule has 2 unspecified atom stereocenters. The maximum atomic E-state index is 6.56. The minimum Gasteiger partial charge on any atom is -0.118 e. The van der Waals surface area contributed by atoms with Gasteiger partial charge in [0.1, 0.15) is 0 Å². The Morgan fingerprint density at radius 3 is 2.80 bits per heavy atom. The van der Waals surface area contributed by atoms with Gasteiger partial charge in [0.25, 0.3) is 0 Å². The topological polar surface area (TPSA) is 0 Å². The third-order valence-electron chi connectivity index (χ3n) is 3.32. The minimum absolute atomic E-state index is 0.234. The summed E-state index contributed by atoms with van der Waals surface area (Å²) in [6.45, 7) is 4.56. The molecule has 0 fully saturated rings. The Bertz CT molecular complexity index is 330. The molecule has 0 bridgehead atoms. The maximum Gasteiger partial charge on any atom is 0.0616 e. The van der Waals surface area contributed by atoms with Crippen molar-refractivity contribution in [2.24, 2.45) is 11.8 Å². The lowest BCUT2D eigenvalue weighted by Crippen LogP contribution is -2.18. The van der Waals surface area contributed by atoms with Gasteiger partial charge in [0, 0.05) is 0 Å². The van der Waals surface area contributed by atoms with Crippen LogP contribution in [0.15, 0.2) is 24.3 Å². The SMILES string of the molecule is CC(C)CC1CCc2ccccc2C1Cl. The van der Waals surface area contributed by atoms with Crippen molar-refractivity contribution in [3.05, 3.63) is 35.4 Å². The van der Waals surface area contributed by atoms with Crippen molar-refractivity contribution in [1.29, 1.82) is 0 Å². The monoisotopic (exact) mass is 222 g/mol. The zero-order valence-electron chi connectivity index (χ0n) is 9.54. The maximum absolute atomic E-state index is 6.56. The van der Waals surface area contributed by atoms with Crippen LogP contribution in [0.1, 0.15) is 43.2 Å². The molecule has 15 heavy (non-hydrogen) atoms. The van der Waals surface area contributed by atoms with E-state index in [0.717, 1.165) is 5.92 Å². The summed E-state index contributed by atoms with van der Waals surface area (Å²) in [5, 5.41) is 0.234. The lowest BCUT2D eigenvalue weighted by atomic mass is 9.79. The second kappa shape index (κ2) is 4.57. The van der Waals surface area contributed by atoms with E-state index < -0.39 is 0 Å². The van der Waals surface area contributed by atoms with Crippen LogP contribution >= 0.6 is 11.6 Å². The first-order chi connectivity index (χ1) is 7.18. The van der Waals surface area contributed by atoms with Crippen molar-refractivity contribution in [2.45, 2.75) is 38.5 Å². The van der Waals surface area contributed by atoms with Gasteiger partial charge in [-0.3, -0.25) is 0 Å². The molecule has 2 atom stereocenters. The van der Waals surface area contributed by atoms with Crippen LogP contribution in [0.25, 0.3) is 0 Å². The number of rotatable bonds is 2. The van der Waals surface area contributed by atoms with Gasteiger partial charge in [0.15, 0.2) is 0 Å². The summed E-state index contributed by atoms with van der Waals surface area (Å²) in [7, 11) is 0. The molecule has 0 spiro atoms. The molecule has 2 rings (SSSR count). The van der Waals surface area contributed by atoms with E-state index in [1.54, 1.807) is 0 Å². The van der Waals surface area contributed by atoms with Crippen LogP contribution < -0.4 is 0 Å². The van der Waals surface area contributed by atoms with Gasteiger partial charge in [-0.15, -0.1) is 11.6 Å². The number of fused-ring (bicyclic) bond motifs is 1. The van der Waals surface area contributed by atoms with E-state index in [-0.39, 0.29) is 5.38 Å². The Morgan fingerprint density at radius 2 is 2.07 bits per heavy atom. The molecule has 0 nitrogen and oxygen atoms in total. The van der Waals surface area contributed by atoms with Gasteiger partial charge in [0.2, 0.25) is 0 Å². The highest BCUT2D eigenvalue weighted by Gasteiger charge is 2.27. The number of halogens is 1. The number of hydrogen-bond donors (Lipinski definition) is 0. The van der Waals surface area contributed by atoms with Crippen LogP contribution in [-0.4, -0.2) is 0 Å². The Balaban J connectivity index is 2.18. The molecule has 1 aliphatic carbocycles. The zero-order valence-corrected chi connectivity index (χ0v) is 10.3. The molecule has 1 aromatic rings. The Hall–Kier alpha value is -0.490. The summed E-state index contributed by atoms with van der Waals surface area (Å²) in [6.07, 6.45) is 3.71. The van der Waals surface area contributed by atoms with Gasteiger partial charge < -0.3 is 0 Å². The Kier molecular flexibility index (Phi) is 3.35. The van der Waals surface area contributed by atoms with Gasteiger partial charge in [-0.25, -0.2) is 0 Å². The summed E-state index contributed by atoms with van der Waals surface area (Å²) >= 11 is 6.56. The molecular weight excluding hydrogens is 204 g/mol. The lowest BCUT2D eigenvalue weighted by Gasteiger charge is -2.30. The fourth-order valence-electron chi connectivity index (χ4n) is 2.61.